The van der Waals surface area contributed by atoms with Crippen LogP contribution in [0.2, 0.25) is 0 Å². The largest absolute Gasteiger partial charge is 0.399 e. The zero-order valence-electron chi connectivity index (χ0n) is 4.96. The van der Waals surface area contributed by atoms with Crippen molar-refractivity contribution in [2.24, 2.45) is 10.7 Å². The van der Waals surface area contributed by atoms with Gasteiger partial charge in [0.1, 0.15) is 0 Å². The van der Waals surface area contributed by atoms with Gasteiger partial charge in [0.05, 0.1) is 0 Å². The molecule has 0 aromatic carbocycles. The van der Waals surface area contributed by atoms with Gasteiger partial charge in [-0.3, -0.25) is 4.99 Å². The first-order valence-electron chi connectivity index (χ1n) is 2.35. The van der Waals surface area contributed by atoms with E-state index in [1.54, 1.807) is 18.4 Å². The molecule has 0 aliphatic rings. The molecule has 0 radical (unpaired) electrons. The molecule has 0 fully saturated rings. The average Bonchev–Trinajstić information content (AvgIpc) is 1.83. The summed E-state index contributed by atoms with van der Waals surface area (Å²) in [4.78, 5) is 3.47. The normalized spacial score (nSPS) is 12.4. The van der Waals surface area contributed by atoms with Crippen molar-refractivity contribution in [3.05, 3.63) is 24.0 Å². The van der Waals surface area contributed by atoms with Crippen molar-refractivity contribution in [2.45, 2.75) is 6.92 Å². The standard InChI is InChI=1S/C6H10N2/c1-3-6(7)4-5-8-2/h3-5H,2,7H2,1H3. The first kappa shape index (κ1) is 6.95. The fourth-order valence-corrected chi connectivity index (χ4v) is 0.235. The van der Waals surface area contributed by atoms with Crippen LogP contribution in [0, 0.1) is 0 Å². The van der Waals surface area contributed by atoms with E-state index in [9.17, 15) is 0 Å². The van der Waals surface area contributed by atoms with Crippen molar-refractivity contribution in [2.75, 3.05) is 0 Å². The van der Waals surface area contributed by atoms with Gasteiger partial charge in [0.15, 0.2) is 0 Å². The highest BCUT2D eigenvalue weighted by molar-refractivity contribution is 5.27. The summed E-state index contributed by atoms with van der Waals surface area (Å²) in [5, 5.41) is 0. The second-order valence-corrected chi connectivity index (χ2v) is 1.29. The van der Waals surface area contributed by atoms with Crippen LogP contribution in [-0.2, 0) is 0 Å². The third-order valence-electron chi connectivity index (χ3n) is 0.706. The monoisotopic (exact) mass is 110 g/mol. The molecule has 0 heterocycles. The molecule has 0 aromatic rings. The molecule has 8 heavy (non-hydrogen) atoms. The number of allylic oxidation sites excluding steroid dienone is 2. The van der Waals surface area contributed by atoms with Gasteiger partial charge in [0, 0.05) is 11.9 Å². The molecular weight excluding hydrogens is 100 g/mol. The van der Waals surface area contributed by atoms with Crippen molar-refractivity contribution in [3.63, 3.8) is 0 Å². The van der Waals surface area contributed by atoms with E-state index in [2.05, 4.69) is 11.7 Å². The molecule has 2 heteroatoms. The van der Waals surface area contributed by atoms with Crippen molar-refractivity contribution in [1.82, 2.24) is 0 Å². The zero-order valence-corrected chi connectivity index (χ0v) is 4.96. The highest BCUT2D eigenvalue weighted by Crippen LogP contribution is 1.83. The highest BCUT2D eigenvalue weighted by atomic mass is 14.6. The van der Waals surface area contributed by atoms with Crippen LogP contribution in [-0.4, -0.2) is 6.72 Å². The molecule has 0 saturated carbocycles. The molecule has 44 valence electrons. The van der Waals surface area contributed by atoms with Crippen molar-refractivity contribution < 1.29 is 0 Å². The first-order chi connectivity index (χ1) is 3.81. The highest BCUT2D eigenvalue weighted by Gasteiger charge is 1.71. The molecule has 0 aliphatic heterocycles. The van der Waals surface area contributed by atoms with Crippen molar-refractivity contribution >= 4 is 6.72 Å². The third kappa shape index (κ3) is 3.15. The lowest BCUT2D eigenvalue weighted by molar-refractivity contribution is 1.38. The molecule has 0 unspecified atom stereocenters. The quantitative estimate of drug-likeness (QED) is 0.419. The topological polar surface area (TPSA) is 38.4 Å². The van der Waals surface area contributed by atoms with E-state index in [-0.39, 0.29) is 0 Å². The Labute approximate surface area is 49.4 Å². The molecular formula is C6H10N2. The fourth-order valence-electron chi connectivity index (χ4n) is 0.235. The maximum Gasteiger partial charge on any atom is 0.0286 e. The molecule has 0 aliphatic carbocycles. The van der Waals surface area contributed by atoms with Gasteiger partial charge < -0.3 is 5.73 Å². The smallest absolute Gasteiger partial charge is 0.0286 e. The molecule has 0 bridgehead atoms. The average molecular weight is 110 g/mol. The minimum Gasteiger partial charge on any atom is -0.399 e. The van der Waals surface area contributed by atoms with E-state index in [0.717, 1.165) is 0 Å². The van der Waals surface area contributed by atoms with Gasteiger partial charge >= 0.3 is 0 Å². The van der Waals surface area contributed by atoms with Gasteiger partial charge in [0.25, 0.3) is 0 Å². The maximum atomic E-state index is 5.35. The predicted molar refractivity (Wildman–Crippen MR) is 36.6 cm³/mol. The molecule has 2 N–H and O–H groups in total. The van der Waals surface area contributed by atoms with E-state index in [1.165, 1.54) is 0 Å². The fraction of sp³-hybridized carbons (Fsp3) is 0.167. The number of aliphatic imine (C=N–C) groups is 1. The van der Waals surface area contributed by atoms with Crippen molar-refractivity contribution in [3.8, 4) is 0 Å². The van der Waals surface area contributed by atoms with Crippen LogP contribution in [0.1, 0.15) is 6.92 Å². The third-order valence-corrected chi connectivity index (χ3v) is 0.706. The predicted octanol–water partition coefficient (Wildman–Crippen LogP) is 1.06. The lowest BCUT2D eigenvalue weighted by Crippen LogP contribution is -1.89. The summed E-state index contributed by atoms with van der Waals surface area (Å²) in [5.74, 6) is 0. The molecule has 0 amide bonds. The van der Waals surface area contributed by atoms with E-state index in [1.807, 2.05) is 6.92 Å². The number of hydrogen-bond acceptors (Lipinski definition) is 2. The van der Waals surface area contributed by atoms with Gasteiger partial charge in [-0.05, 0) is 19.7 Å². The molecule has 0 aromatic heterocycles. The summed E-state index contributed by atoms with van der Waals surface area (Å²) >= 11 is 0. The van der Waals surface area contributed by atoms with Gasteiger partial charge in [-0.2, -0.15) is 0 Å². The second kappa shape index (κ2) is 4.12. The molecule has 0 spiro atoms. The number of nitrogens with two attached hydrogens (primary N) is 1. The Morgan fingerprint density at radius 1 is 1.75 bits per heavy atom. The van der Waals surface area contributed by atoms with Crippen molar-refractivity contribution in [1.29, 1.82) is 0 Å². The lowest BCUT2D eigenvalue weighted by atomic mass is 10.4. The number of hydrogen-bond donors (Lipinski definition) is 1. The Morgan fingerprint density at radius 2 is 2.38 bits per heavy atom. The molecule has 2 nitrogen and oxygen atoms in total. The van der Waals surface area contributed by atoms with E-state index in [0.29, 0.717) is 5.70 Å². The summed E-state index contributed by atoms with van der Waals surface area (Å²) in [6.07, 6.45) is 5.03. The molecule has 0 rings (SSSR count). The Morgan fingerprint density at radius 3 is 2.75 bits per heavy atom. The van der Waals surface area contributed by atoms with E-state index in [4.69, 9.17) is 5.73 Å². The SMILES string of the molecule is C=NC=CC(N)=CC. The van der Waals surface area contributed by atoms with Crippen LogP contribution < -0.4 is 5.73 Å². The van der Waals surface area contributed by atoms with Crippen LogP contribution in [0.15, 0.2) is 29.0 Å². The summed E-state index contributed by atoms with van der Waals surface area (Å²) in [6.45, 7) is 5.11. The molecule has 0 atom stereocenters. The Kier molecular flexibility index (Phi) is 3.58. The van der Waals surface area contributed by atoms with Crippen LogP contribution >= 0.6 is 0 Å². The Hall–Kier alpha value is -1.05. The summed E-state index contributed by atoms with van der Waals surface area (Å²) < 4.78 is 0. The lowest BCUT2D eigenvalue weighted by Gasteiger charge is -1.83. The summed E-state index contributed by atoms with van der Waals surface area (Å²) in [7, 11) is 0. The van der Waals surface area contributed by atoms with Gasteiger partial charge in [-0.1, -0.05) is 6.08 Å². The maximum absolute atomic E-state index is 5.35. The molecule has 0 saturated heterocycles. The van der Waals surface area contributed by atoms with Crippen LogP contribution in [0.25, 0.3) is 0 Å². The summed E-state index contributed by atoms with van der Waals surface area (Å²) in [6, 6.07) is 0. The second-order valence-electron chi connectivity index (χ2n) is 1.29. The first-order valence-corrected chi connectivity index (χ1v) is 2.35. The van der Waals surface area contributed by atoms with Crippen LogP contribution in [0.4, 0.5) is 0 Å². The summed E-state index contributed by atoms with van der Waals surface area (Å²) in [5.41, 5.74) is 6.05. The van der Waals surface area contributed by atoms with E-state index >= 15 is 0 Å². The van der Waals surface area contributed by atoms with Crippen LogP contribution in [0.3, 0.4) is 0 Å². The number of nitrogens with zero attached hydrogens (tertiary/aromatic N) is 1. The van der Waals surface area contributed by atoms with Gasteiger partial charge in [0.2, 0.25) is 0 Å². The van der Waals surface area contributed by atoms with E-state index < -0.39 is 0 Å². The number of rotatable bonds is 2. The Balaban J connectivity index is 3.69. The van der Waals surface area contributed by atoms with Gasteiger partial charge in [-0.25, -0.2) is 0 Å². The minimum absolute atomic E-state index is 0.706. The van der Waals surface area contributed by atoms with Gasteiger partial charge in [-0.15, -0.1) is 0 Å². The Bertz CT molecular complexity index is 122. The van der Waals surface area contributed by atoms with Crippen LogP contribution in [0.5, 0.6) is 0 Å². The minimum atomic E-state index is 0.706. The zero-order chi connectivity index (χ0) is 6.41.